The van der Waals surface area contributed by atoms with E-state index in [0.29, 0.717) is 0 Å². The summed E-state index contributed by atoms with van der Waals surface area (Å²) in [5, 5.41) is 8.88. The highest BCUT2D eigenvalue weighted by Crippen LogP contribution is 2.17. The SMILES string of the molecule is Cc1cccc2cnn(CC3=NCCN3)c12.Cl. The second kappa shape index (κ2) is 4.75. The van der Waals surface area contributed by atoms with Crippen LogP contribution in [0.25, 0.3) is 10.9 Å². The van der Waals surface area contributed by atoms with Crippen LogP contribution in [0.3, 0.4) is 0 Å². The molecule has 0 atom stereocenters. The zero-order chi connectivity index (χ0) is 11.0. The van der Waals surface area contributed by atoms with E-state index < -0.39 is 0 Å². The predicted octanol–water partition coefficient (Wildman–Crippen LogP) is 1.77. The molecule has 17 heavy (non-hydrogen) atoms. The molecule has 90 valence electrons. The van der Waals surface area contributed by atoms with Gasteiger partial charge in [0.15, 0.2) is 0 Å². The molecule has 1 aromatic carbocycles. The Morgan fingerprint density at radius 2 is 2.29 bits per heavy atom. The Morgan fingerprint density at radius 3 is 3.06 bits per heavy atom. The normalized spacial score (nSPS) is 14.3. The van der Waals surface area contributed by atoms with E-state index in [4.69, 9.17) is 0 Å². The first-order chi connectivity index (χ1) is 7.84. The van der Waals surface area contributed by atoms with Crippen LogP contribution < -0.4 is 5.32 Å². The van der Waals surface area contributed by atoms with Crippen molar-refractivity contribution in [1.82, 2.24) is 15.1 Å². The number of aliphatic imine (C=N–C) groups is 1. The molecule has 3 rings (SSSR count). The van der Waals surface area contributed by atoms with Crippen LogP contribution in [0.15, 0.2) is 29.4 Å². The van der Waals surface area contributed by atoms with Crippen LogP contribution in [-0.4, -0.2) is 28.7 Å². The minimum absolute atomic E-state index is 0. The molecule has 0 fully saturated rings. The first-order valence-electron chi connectivity index (χ1n) is 5.53. The molecule has 0 bridgehead atoms. The third kappa shape index (κ3) is 2.13. The minimum atomic E-state index is 0. The lowest BCUT2D eigenvalue weighted by atomic mass is 10.2. The fourth-order valence-corrected chi connectivity index (χ4v) is 2.14. The number of nitrogens with one attached hydrogen (secondary N) is 1. The lowest BCUT2D eigenvalue weighted by molar-refractivity contribution is 0.737. The van der Waals surface area contributed by atoms with Crippen molar-refractivity contribution in [3.05, 3.63) is 30.0 Å². The Bertz CT molecular complexity index is 559. The molecule has 4 nitrogen and oxygen atoms in total. The van der Waals surface area contributed by atoms with Crippen molar-refractivity contribution in [1.29, 1.82) is 0 Å². The molecule has 1 aliphatic rings. The van der Waals surface area contributed by atoms with Gasteiger partial charge in [0.1, 0.15) is 5.84 Å². The predicted molar refractivity (Wildman–Crippen MR) is 72.0 cm³/mol. The molecule has 0 unspecified atom stereocenters. The van der Waals surface area contributed by atoms with Crippen molar-refractivity contribution >= 4 is 29.1 Å². The number of nitrogens with zero attached hydrogens (tertiary/aromatic N) is 3. The van der Waals surface area contributed by atoms with Crippen LogP contribution in [0.4, 0.5) is 0 Å². The van der Waals surface area contributed by atoms with E-state index in [2.05, 4.69) is 40.5 Å². The number of aromatic nitrogens is 2. The Morgan fingerprint density at radius 1 is 1.41 bits per heavy atom. The fraction of sp³-hybridized carbons (Fsp3) is 0.333. The average molecular weight is 251 g/mol. The van der Waals surface area contributed by atoms with Crippen LogP contribution in [0.5, 0.6) is 0 Å². The van der Waals surface area contributed by atoms with Gasteiger partial charge >= 0.3 is 0 Å². The Kier molecular flexibility index (Phi) is 3.33. The van der Waals surface area contributed by atoms with E-state index in [0.717, 1.165) is 25.5 Å². The van der Waals surface area contributed by atoms with E-state index in [9.17, 15) is 0 Å². The quantitative estimate of drug-likeness (QED) is 0.883. The fourth-order valence-electron chi connectivity index (χ4n) is 2.14. The highest BCUT2D eigenvalue weighted by molar-refractivity contribution is 5.87. The number of aryl methyl sites for hydroxylation is 1. The smallest absolute Gasteiger partial charge is 0.118 e. The summed E-state index contributed by atoms with van der Waals surface area (Å²) in [6.07, 6.45) is 1.91. The Labute approximate surface area is 106 Å². The summed E-state index contributed by atoms with van der Waals surface area (Å²) in [4.78, 5) is 4.39. The highest BCUT2D eigenvalue weighted by atomic mass is 35.5. The number of halogens is 1. The molecular formula is C12H15ClN4. The number of benzene rings is 1. The standard InChI is InChI=1S/C12H14N4.ClH/c1-9-3-2-4-10-7-15-16(12(9)10)8-11-13-5-6-14-11;/h2-4,7H,5-6,8H2,1H3,(H,13,14);1H. The first kappa shape index (κ1) is 11.9. The van der Waals surface area contributed by atoms with E-state index in [-0.39, 0.29) is 12.4 Å². The molecule has 5 heteroatoms. The van der Waals surface area contributed by atoms with Gasteiger partial charge in [0.25, 0.3) is 0 Å². The molecule has 1 aromatic heterocycles. The summed E-state index contributed by atoms with van der Waals surface area (Å²) in [6, 6.07) is 6.27. The van der Waals surface area contributed by atoms with Crippen LogP contribution >= 0.6 is 12.4 Å². The van der Waals surface area contributed by atoms with Gasteiger partial charge in [-0.2, -0.15) is 5.10 Å². The number of rotatable bonds is 2. The number of para-hydroxylation sites is 1. The number of amidine groups is 1. The van der Waals surface area contributed by atoms with E-state index >= 15 is 0 Å². The zero-order valence-electron chi connectivity index (χ0n) is 9.68. The van der Waals surface area contributed by atoms with Crippen molar-refractivity contribution in [3.8, 4) is 0 Å². The van der Waals surface area contributed by atoms with Gasteiger partial charge in [-0.15, -0.1) is 12.4 Å². The second-order valence-corrected chi connectivity index (χ2v) is 4.07. The Balaban J connectivity index is 0.00000108. The van der Waals surface area contributed by atoms with Gasteiger partial charge in [0.05, 0.1) is 24.8 Å². The van der Waals surface area contributed by atoms with Crippen LogP contribution in [0, 0.1) is 6.92 Å². The third-order valence-electron chi connectivity index (χ3n) is 2.91. The lowest BCUT2D eigenvalue weighted by Crippen LogP contribution is -2.24. The summed E-state index contributed by atoms with van der Waals surface area (Å²) in [5.41, 5.74) is 2.47. The number of hydrogen-bond acceptors (Lipinski definition) is 3. The molecule has 0 amide bonds. The summed E-state index contributed by atoms with van der Waals surface area (Å²) in [6.45, 7) is 4.69. The molecule has 0 saturated carbocycles. The van der Waals surface area contributed by atoms with Gasteiger partial charge in [0, 0.05) is 11.9 Å². The number of hydrogen-bond donors (Lipinski definition) is 1. The first-order valence-corrected chi connectivity index (χ1v) is 5.53. The maximum absolute atomic E-state index is 4.42. The van der Waals surface area contributed by atoms with E-state index in [1.54, 1.807) is 0 Å². The molecule has 2 heterocycles. The second-order valence-electron chi connectivity index (χ2n) is 4.07. The molecule has 0 radical (unpaired) electrons. The molecule has 2 aromatic rings. The molecule has 1 N–H and O–H groups in total. The Hall–Kier alpha value is -1.55. The van der Waals surface area contributed by atoms with Gasteiger partial charge in [-0.1, -0.05) is 18.2 Å². The van der Waals surface area contributed by atoms with E-state index in [1.807, 2.05) is 10.9 Å². The maximum Gasteiger partial charge on any atom is 0.118 e. The maximum atomic E-state index is 4.42. The summed E-state index contributed by atoms with van der Waals surface area (Å²) in [5.74, 6) is 1.04. The average Bonchev–Trinajstić information content (AvgIpc) is 2.90. The van der Waals surface area contributed by atoms with Crippen LogP contribution in [0.1, 0.15) is 5.56 Å². The van der Waals surface area contributed by atoms with Gasteiger partial charge in [-0.3, -0.25) is 9.67 Å². The minimum Gasteiger partial charge on any atom is -0.370 e. The zero-order valence-corrected chi connectivity index (χ0v) is 10.5. The van der Waals surface area contributed by atoms with Gasteiger partial charge < -0.3 is 5.32 Å². The number of fused-ring (bicyclic) bond motifs is 1. The largest absolute Gasteiger partial charge is 0.370 e. The van der Waals surface area contributed by atoms with Gasteiger partial charge in [0.2, 0.25) is 0 Å². The van der Waals surface area contributed by atoms with Crippen molar-refractivity contribution in [3.63, 3.8) is 0 Å². The van der Waals surface area contributed by atoms with Crippen molar-refractivity contribution < 1.29 is 0 Å². The molecule has 1 aliphatic heterocycles. The van der Waals surface area contributed by atoms with Crippen molar-refractivity contribution in [2.75, 3.05) is 13.1 Å². The van der Waals surface area contributed by atoms with Gasteiger partial charge in [-0.25, -0.2) is 0 Å². The monoisotopic (exact) mass is 250 g/mol. The van der Waals surface area contributed by atoms with E-state index in [1.165, 1.54) is 16.5 Å². The topological polar surface area (TPSA) is 42.2 Å². The van der Waals surface area contributed by atoms with Gasteiger partial charge in [-0.05, 0) is 12.5 Å². The third-order valence-corrected chi connectivity index (χ3v) is 2.91. The van der Waals surface area contributed by atoms with Crippen molar-refractivity contribution in [2.45, 2.75) is 13.5 Å². The van der Waals surface area contributed by atoms with Crippen LogP contribution in [-0.2, 0) is 6.54 Å². The molecule has 0 aliphatic carbocycles. The molecule has 0 saturated heterocycles. The van der Waals surface area contributed by atoms with Crippen molar-refractivity contribution in [2.24, 2.45) is 4.99 Å². The highest BCUT2D eigenvalue weighted by Gasteiger charge is 2.09. The summed E-state index contributed by atoms with van der Waals surface area (Å²) in [7, 11) is 0. The summed E-state index contributed by atoms with van der Waals surface area (Å²) < 4.78 is 2.02. The van der Waals surface area contributed by atoms with Crippen LogP contribution in [0.2, 0.25) is 0 Å². The lowest BCUT2D eigenvalue weighted by Gasteiger charge is -2.06. The molecule has 0 spiro atoms. The summed E-state index contributed by atoms with van der Waals surface area (Å²) >= 11 is 0. The molecular weight excluding hydrogens is 236 g/mol.